The molecule has 1 aliphatic rings. The molecule has 26 heavy (non-hydrogen) atoms. The summed E-state index contributed by atoms with van der Waals surface area (Å²) in [6.07, 6.45) is 2.89. The number of thioether (sulfide) groups is 1. The summed E-state index contributed by atoms with van der Waals surface area (Å²) in [5, 5.41) is 9.15. The Kier molecular flexibility index (Phi) is 5.90. The van der Waals surface area contributed by atoms with Crippen LogP contribution in [0.1, 0.15) is 33.0 Å². The number of piperidine rings is 1. The Morgan fingerprint density at radius 3 is 2.73 bits per heavy atom. The molecule has 3 rings (SSSR count). The van der Waals surface area contributed by atoms with Crippen LogP contribution in [-0.4, -0.2) is 46.2 Å². The molecule has 0 aromatic carbocycles. The van der Waals surface area contributed by atoms with E-state index in [4.69, 9.17) is 9.15 Å². The molecule has 7 nitrogen and oxygen atoms in total. The van der Waals surface area contributed by atoms with Gasteiger partial charge in [0.25, 0.3) is 0 Å². The van der Waals surface area contributed by atoms with Gasteiger partial charge in [0.15, 0.2) is 5.16 Å². The number of anilines is 1. The fourth-order valence-corrected chi connectivity index (χ4v) is 4.37. The molecule has 0 N–H and O–H groups in total. The van der Waals surface area contributed by atoms with Gasteiger partial charge in [-0.2, -0.15) is 0 Å². The van der Waals surface area contributed by atoms with Crippen LogP contribution in [0.5, 0.6) is 0 Å². The van der Waals surface area contributed by atoms with Crippen LogP contribution in [-0.2, 0) is 16.1 Å². The molecule has 0 saturated carbocycles. The summed E-state index contributed by atoms with van der Waals surface area (Å²) in [6.45, 7) is 8.80. The first-order valence-corrected chi connectivity index (χ1v) is 9.81. The molecule has 8 heteroatoms. The zero-order chi connectivity index (χ0) is 18.7. The van der Waals surface area contributed by atoms with Crippen molar-refractivity contribution in [3.8, 4) is 0 Å². The Morgan fingerprint density at radius 1 is 1.38 bits per heavy atom. The van der Waals surface area contributed by atoms with Crippen LogP contribution in [0.4, 0.5) is 5.95 Å². The number of rotatable bonds is 6. The van der Waals surface area contributed by atoms with E-state index >= 15 is 0 Å². The van der Waals surface area contributed by atoms with Crippen LogP contribution in [0.25, 0.3) is 0 Å². The third kappa shape index (κ3) is 4.23. The number of hydrogen-bond donors (Lipinski definition) is 0. The summed E-state index contributed by atoms with van der Waals surface area (Å²) in [6, 6.07) is 3.80. The second-order valence-corrected chi connectivity index (χ2v) is 8.39. The van der Waals surface area contributed by atoms with Crippen molar-refractivity contribution in [1.29, 1.82) is 0 Å². The van der Waals surface area contributed by atoms with Gasteiger partial charge in [0.05, 0.1) is 19.9 Å². The van der Waals surface area contributed by atoms with Crippen LogP contribution >= 0.6 is 11.8 Å². The summed E-state index contributed by atoms with van der Waals surface area (Å²) in [7, 11) is 1.40. The molecular weight excluding hydrogens is 352 g/mol. The van der Waals surface area contributed by atoms with Gasteiger partial charge < -0.3 is 14.1 Å². The molecular formula is C18H26N4O3S. The molecule has 1 saturated heterocycles. The lowest BCUT2D eigenvalue weighted by Crippen LogP contribution is -2.40. The third-order valence-electron chi connectivity index (χ3n) is 4.56. The molecule has 0 aliphatic carbocycles. The summed E-state index contributed by atoms with van der Waals surface area (Å²) < 4.78 is 12.4. The first-order valence-electron chi connectivity index (χ1n) is 8.93. The van der Waals surface area contributed by atoms with Gasteiger partial charge in [0.2, 0.25) is 5.95 Å². The SMILES string of the molecule is COC(=O)C(C)Sc1nnc(N2CC(C)CC(C)C2)n1Cc1ccco1. The maximum absolute atomic E-state index is 11.8. The predicted octanol–water partition coefficient (Wildman–Crippen LogP) is 3.06. The fraction of sp³-hybridized carbons (Fsp3) is 0.611. The first-order chi connectivity index (χ1) is 12.5. The number of carbonyl (C=O) groups is 1. The summed E-state index contributed by atoms with van der Waals surface area (Å²) in [5.74, 6) is 2.61. The first kappa shape index (κ1) is 18.8. The molecule has 2 aromatic heterocycles. The van der Waals surface area contributed by atoms with Crippen molar-refractivity contribution < 1.29 is 13.9 Å². The number of carbonyl (C=O) groups excluding carboxylic acids is 1. The number of nitrogens with zero attached hydrogens (tertiary/aromatic N) is 4. The zero-order valence-corrected chi connectivity index (χ0v) is 16.5. The smallest absolute Gasteiger partial charge is 0.318 e. The van der Waals surface area contributed by atoms with E-state index in [0.717, 1.165) is 24.8 Å². The molecule has 3 heterocycles. The van der Waals surface area contributed by atoms with Gasteiger partial charge in [-0.05, 0) is 37.3 Å². The molecule has 0 amide bonds. The quantitative estimate of drug-likeness (QED) is 0.565. The highest BCUT2D eigenvalue weighted by Gasteiger charge is 2.28. The molecule has 1 fully saturated rings. The summed E-state index contributed by atoms with van der Waals surface area (Å²) >= 11 is 1.36. The molecule has 1 aliphatic heterocycles. The van der Waals surface area contributed by atoms with Crippen molar-refractivity contribution in [2.24, 2.45) is 11.8 Å². The van der Waals surface area contributed by atoms with Gasteiger partial charge in [-0.15, -0.1) is 10.2 Å². The Hall–Kier alpha value is -1.96. The number of ether oxygens (including phenoxy) is 1. The highest BCUT2D eigenvalue weighted by molar-refractivity contribution is 8.00. The Labute approximate surface area is 158 Å². The minimum atomic E-state index is -0.355. The maximum atomic E-state index is 11.8. The average Bonchev–Trinajstić information content (AvgIpc) is 3.24. The van der Waals surface area contributed by atoms with E-state index in [1.807, 2.05) is 23.6 Å². The summed E-state index contributed by atoms with van der Waals surface area (Å²) in [4.78, 5) is 14.1. The fourth-order valence-electron chi connectivity index (χ4n) is 3.50. The molecule has 0 bridgehead atoms. The standard InChI is InChI=1S/C18H26N4O3S/c1-12-8-13(2)10-21(9-12)17-19-20-18(26-14(3)16(23)24-4)22(17)11-15-6-5-7-25-15/h5-7,12-14H,8-11H2,1-4H3. The van der Waals surface area contributed by atoms with E-state index in [1.165, 1.54) is 25.3 Å². The Balaban J connectivity index is 1.89. The number of furan rings is 1. The molecule has 2 aromatic rings. The minimum absolute atomic E-state index is 0.274. The second kappa shape index (κ2) is 8.16. The number of esters is 1. The van der Waals surface area contributed by atoms with Crippen molar-refractivity contribution >= 4 is 23.7 Å². The lowest BCUT2D eigenvalue weighted by molar-refractivity contribution is -0.139. The Morgan fingerprint density at radius 2 is 2.12 bits per heavy atom. The predicted molar refractivity (Wildman–Crippen MR) is 100 cm³/mol. The van der Waals surface area contributed by atoms with Crippen LogP contribution < -0.4 is 4.90 Å². The van der Waals surface area contributed by atoms with E-state index in [0.29, 0.717) is 23.5 Å². The number of methoxy groups -OCH3 is 1. The van der Waals surface area contributed by atoms with Gasteiger partial charge in [0, 0.05) is 13.1 Å². The number of aromatic nitrogens is 3. The molecule has 0 radical (unpaired) electrons. The van der Waals surface area contributed by atoms with Crippen molar-refractivity contribution in [3.05, 3.63) is 24.2 Å². The van der Waals surface area contributed by atoms with E-state index < -0.39 is 0 Å². The van der Waals surface area contributed by atoms with Crippen LogP contribution in [0.15, 0.2) is 28.0 Å². The molecule has 0 spiro atoms. The lowest BCUT2D eigenvalue weighted by atomic mass is 9.92. The van der Waals surface area contributed by atoms with Gasteiger partial charge in [0.1, 0.15) is 11.0 Å². The van der Waals surface area contributed by atoms with Crippen LogP contribution in [0.2, 0.25) is 0 Å². The Bertz CT molecular complexity index is 721. The van der Waals surface area contributed by atoms with Crippen molar-refractivity contribution in [2.45, 2.75) is 44.1 Å². The van der Waals surface area contributed by atoms with Crippen LogP contribution in [0.3, 0.4) is 0 Å². The largest absolute Gasteiger partial charge is 0.468 e. The molecule has 3 atom stereocenters. The van der Waals surface area contributed by atoms with E-state index in [1.54, 1.807) is 6.26 Å². The van der Waals surface area contributed by atoms with Crippen LogP contribution in [0, 0.1) is 11.8 Å². The minimum Gasteiger partial charge on any atom is -0.468 e. The van der Waals surface area contributed by atoms with Gasteiger partial charge in [-0.25, -0.2) is 0 Å². The van der Waals surface area contributed by atoms with E-state index in [2.05, 4.69) is 28.9 Å². The summed E-state index contributed by atoms with van der Waals surface area (Å²) in [5.41, 5.74) is 0. The van der Waals surface area contributed by atoms with Crippen molar-refractivity contribution in [2.75, 3.05) is 25.1 Å². The third-order valence-corrected chi connectivity index (χ3v) is 5.62. The maximum Gasteiger partial charge on any atom is 0.318 e. The van der Waals surface area contributed by atoms with Gasteiger partial charge >= 0.3 is 5.97 Å². The van der Waals surface area contributed by atoms with Crippen molar-refractivity contribution in [3.63, 3.8) is 0 Å². The molecule has 3 unspecified atom stereocenters. The van der Waals surface area contributed by atoms with Crippen molar-refractivity contribution in [1.82, 2.24) is 14.8 Å². The zero-order valence-electron chi connectivity index (χ0n) is 15.7. The second-order valence-electron chi connectivity index (χ2n) is 7.08. The number of hydrogen-bond acceptors (Lipinski definition) is 7. The highest BCUT2D eigenvalue weighted by Crippen LogP contribution is 2.30. The van der Waals surface area contributed by atoms with Gasteiger partial charge in [-0.3, -0.25) is 9.36 Å². The topological polar surface area (TPSA) is 73.4 Å². The average molecular weight is 378 g/mol. The van der Waals surface area contributed by atoms with Gasteiger partial charge in [-0.1, -0.05) is 25.6 Å². The normalized spacial score (nSPS) is 21.6. The molecule has 142 valence electrons. The highest BCUT2D eigenvalue weighted by atomic mass is 32.2. The monoisotopic (exact) mass is 378 g/mol. The van der Waals surface area contributed by atoms with E-state index in [9.17, 15) is 4.79 Å². The lowest BCUT2D eigenvalue weighted by Gasteiger charge is -2.35. The van der Waals surface area contributed by atoms with E-state index in [-0.39, 0.29) is 11.2 Å².